The average Bonchev–Trinajstić information content (AvgIpc) is 2.98. The van der Waals surface area contributed by atoms with Gasteiger partial charge in [0.2, 0.25) is 5.75 Å². The molecule has 1 N–H and O–H groups in total. The van der Waals surface area contributed by atoms with E-state index in [0.29, 0.717) is 17.8 Å². The van der Waals surface area contributed by atoms with E-state index in [4.69, 9.17) is 4.74 Å². The van der Waals surface area contributed by atoms with E-state index < -0.39 is 17.3 Å². The van der Waals surface area contributed by atoms with Crippen LogP contribution >= 0.6 is 0 Å². The first-order chi connectivity index (χ1) is 10.9. The van der Waals surface area contributed by atoms with Crippen LogP contribution < -0.4 is 10.3 Å². The summed E-state index contributed by atoms with van der Waals surface area (Å²) in [5.41, 5.74) is -0.549. The smallest absolute Gasteiger partial charge is 0.416 e. The molecule has 2 aromatic heterocycles. The lowest BCUT2D eigenvalue weighted by atomic mass is 10.2. The van der Waals surface area contributed by atoms with E-state index in [1.54, 1.807) is 13.0 Å². The number of aryl methyl sites for hydroxylation is 1. The Bertz CT molecular complexity index is 912. The Morgan fingerprint density at radius 2 is 2.09 bits per heavy atom. The fourth-order valence-corrected chi connectivity index (χ4v) is 2.19. The number of aromatic amines is 1. The molecule has 0 unspecified atom stereocenters. The number of benzene rings is 1. The highest BCUT2D eigenvalue weighted by molar-refractivity contribution is 5.43. The summed E-state index contributed by atoms with van der Waals surface area (Å²) in [6, 6.07) is 5.99. The fourth-order valence-electron chi connectivity index (χ4n) is 2.19. The zero-order chi connectivity index (χ0) is 16.6. The molecule has 0 radical (unpaired) electrons. The normalized spacial score (nSPS) is 11.8. The summed E-state index contributed by atoms with van der Waals surface area (Å²) in [5.74, 6) is -0.160. The highest BCUT2D eigenvalue weighted by atomic mass is 19.4. The van der Waals surface area contributed by atoms with Crippen molar-refractivity contribution in [2.45, 2.75) is 19.5 Å². The van der Waals surface area contributed by atoms with Crippen LogP contribution in [0, 0.1) is 0 Å². The molecule has 8 heteroatoms. The maximum Gasteiger partial charge on any atom is 0.416 e. The third-order valence-corrected chi connectivity index (χ3v) is 3.29. The van der Waals surface area contributed by atoms with Gasteiger partial charge >= 0.3 is 11.7 Å². The molecule has 0 bridgehead atoms. The lowest BCUT2D eigenvalue weighted by molar-refractivity contribution is -0.137. The lowest BCUT2D eigenvalue weighted by Crippen LogP contribution is -2.19. The monoisotopic (exact) mass is 323 g/mol. The number of alkyl halides is 3. The molecule has 0 amide bonds. The number of rotatable bonds is 3. The Balaban J connectivity index is 2.08. The lowest BCUT2D eigenvalue weighted by Gasteiger charge is -2.11. The van der Waals surface area contributed by atoms with Gasteiger partial charge in [-0.05, 0) is 24.6 Å². The fraction of sp³-hybridized carbons (Fsp3) is 0.200. The van der Waals surface area contributed by atoms with Crippen LogP contribution in [0.4, 0.5) is 13.2 Å². The Hall–Kier alpha value is -2.77. The maximum atomic E-state index is 12.8. The van der Waals surface area contributed by atoms with Gasteiger partial charge in [0.05, 0.1) is 11.3 Å². The summed E-state index contributed by atoms with van der Waals surface area (Å²) in [5, 5.41) is 2.68. The number of hydrogen-bond acceptors (Lipinski definition) is 3. The number of nitrogens with one attached hydrogen (secondary N) is 1. The summed E-state index contributed by atoms with van der Waals surface area (Å²) >= 11 is 0. The van der Waals surface area contributed by atoms with E-state index in [2.05, 4.69) is 10.1 Å². The van der Waals surface area contributed by atoms with E-state index in [-0.39, 0.29) is 11.5 Å². The number of H-pyrrole nitrogens is 1. The molecular formula is C15H12F3N3O2. The van der Waals surface area contributed by atoms with Gasteiger partial charge in [-0.15, -0.1) is 0 Å². The first kappa shape index (κ1) is 15.1. The molecule has 0 aliphatic rings. The maximum absolute atomic E-state index is 12.8. The van der Waals surface area contributed by atoms with Gasteiger partial charge in [0.1, 0.15) is 5.75 Å². The predicted molar refractivity (Wildman–Crippen MR) is 76.7 cm³/mol. The first-order valence-electron chi connectivity index (χ1n) is 6.84. The predicted octanol–water partition coefficient (Wildman–Crippen LogP) is 3.40. The first-order valence-corrected chi connectivity index (χ1v) is 6.84. The molecule has 0 atom stereocenters. The standard InChI is InChI=1S/C15H12F3N3O2/c1-2-11-13(14(22)21-12(20-11)6-7-19-21)23-10-5-3-4-9(8-10)15(16,17)18/h3-8,19H,2H2,1H3. The second kappa shape index (κ2) is 5.45. The van der Waals surface area contributed by atoms with Crippen molar-refractivity contribution in [3.8, 4) is 11.5 Å². The third-order valence-electron chi connectivity index (χ3n) is 3.29. The summed E-state index contributed by atoms with van der Waals surface area (Å²) in [7, 11) is 0. The van der Waals surface area contributed by atoms with Gasteiger partial charge in [0.25, 0.3) is 0 Å². The summed E-state index contributed by atoms with van der Waals surface area (Å²) in [6.45, 7) is 1.78. The zero-order valence-electron chi connectivity index (χ0n) is 12.0. The molecule has 23 heavy (non-hydrogen) atoms. The van der Waals surface area contributed by atoms with Crippen LogP contribution in [0.2, 0.25) is 0 Å². The Morgan fingerprint density at radius 1 is 1.30 bits per heavy atom. The highest BCUT2D eigenvalue weighted by Crippen LogP contribution is 2.32. The van der Waals surface area contributed by atoms with Crippen molar-refractivity contribution in [2.75, 3.05) is 0 Å². The van der Waals surface area contributed by atoms with Crippen LogP contribution in [0.3, 0.4) is 0 Å². The molecule has 0 saturated carbocycles. The largest absolute Gasteiger partial charge is 0.450 e. The topological polar surface area (TPSA) is 59.4 Å². The molecule has 3 aromatic rings. The third kappa shape index (κ3) is 2.79. The van der Waals surface area contributed by atoms with Crippen LogP contribution in [0.1, 0.15) is 18.2 Å². The Labute approximate surface area is 128 Å². The van der Waals surface area contributed by atoms with Crippen molar-refractivity contribution in [3.63, 3.8) is 0 Å². The van der Waals surface area contributed by atoms with Gasteiger partial charge in [-0.3, -0.25) is 9.89 Å². The van der Waals surface area contributed by atoms with E-state index in [0.717, 1.165) is 12.1 Å². The van der Waals surface area contributed by atoms with Gasteiger partial charge in [-0.2, -0.15) is 17.7 Å². The van der Waals surface area contributed by atoms with Gasteiger partial charge in [0, 0.05) is 12.3 Å². The number of ether oxygens (including phenoxy) is 1. The molecular weight excluding hydrogens is 311 g/mol. The van der Waals surface area contributed by atoms with Crippen LogP contribution in [0.15, 0.2) is 41.3 Å². The Morgan fingerprint density at radius 3 is 2.78 bits per heavy atom. The minimum Gasteiger partial charge on any atom is -0.450 e. The minimum atomic E-state index is -4.48. The van der Waals surface area contributed by atoms with Crippen LogP contribution in [-0.2, 0) is 12.6 Å². The van der Waals surface area contributed by atoms with E-state index in [9.17, 15) is 18.0 Å². The number of nitrogens with zero attached hydrogens (tertiary/aromatic N) is 2. The second-order valence-corrected chi connectivity index (χ2v) is 4.83. The van der Waals surface area contributed by atoms with Gasteiger partial charge < -0.3 is 4.74 Å². The average molecular weight is 323 g/mol. The molecule has 1 aromatic carbocycles. The molecule has 120 valence electrons. The van der Waals surface area contributed by atoms with Crippen molar-refractivity contribution in [1.82, 2.24) is 14.6 Å². The van der Waals surface area contributed by atoms with Crippen LogP contribution in [0.25, 0.3) is 5.65 Å². The molecule has 5 nitrogen and oxygen atoms in total. The van der Waals surface area contributed by atoms with Crippen molar-refractivity contribution < 1.29 is 17.9 Å². The number of hydrogen-bond donors (Lipinski definition) is 1. The summed E-state index contributed by atoms with van der Waals surface area (Å²) in [6.07, 6.45) is -2.54. The van der Waals surface area contributed by atoms with Crippen LogP contribution in [0.5, 0.6) is 11.5 Å². The molecule has 0 aliphatic heterocycles. The molecule has 0 aliphatic carbocycles. The molecule has 0 fully saturated rings. The van der Waals surface area contributed by atoms with E-state index >= 15 is 0 Å². The van der Waals surface area contributed by atoms with Gasteiger partial charge in [-0.25, -0.2) is 4.98 Å². The Kier molecular flexibility index (Phi) is 3.59. The molecule has 0 saturated heterocycles. The second-order valence-electron chi connectivity index (χ2n) is 4.83. The van der Waals surface area contributed by atoms with Gasteiger partial charge in [-0.1, -0.05) is 13.0 Å². The molecule has 0 spiro atoms. The quantitative estimate of drug-likeness (QED) is 0.804. The van der Waals surface area contributed by atoms with Crippen molar-refractivity contribution >= 4 is 5.65 Å². The number of aromatic nitrogens is 3. The van der Waals surface area contributed by atoms with Crippen molar-refractivity contribution in [1.29, 1.82) is 0 Å². The van der Waals surface area contributed by atoms with E-state index in [1.807, 2.05) is 0 Å². The van der Waals surface area contributed by atoms with E-state index in [1.165, 1.54) is 22.8 Å². The molecule has 2 heterocycles. The summed E-state index contributed by atoms with van der Waals surface area (Å²) in [4.78, 5) is 16.7. The highest BCUT2D eigenvalue weighted by Gasteiger charge is 2.30. The van der Waals surface area contributed by atoms with Gasteiger partial charge in [0.15, 0.2) is 5.65 Å². The SMILES string of the molecule is CCc1nc2cc[nH]n2c(=O)c1Oc1cccc(C(F)(F)F)c1. The zero-order valence-corrected chi connectivity index (χ0v) is 12.0. The van der Waals surface area contributed by atoms with Crippen molar-refractivity contribution in [3.05, 3.63) is 58.1 Å². The van der Waals surface area contributed by atoms with Crippen molar-refractivity contribution in [2.24, 2.45) is 0 Å². The van der Waals surface area contributed by atoms with Crippen LogP contribution in [-0.4, -0.2) is 14.6 Å². The molecule has 3 rings (SSSR count). The number of fused-ring (bicyclic) bond motifs is 1. The summed E-state index contributed by atoms with van der Waals surface area (Å²) < 4.78 is 44.9. The minimum absolute atomic E-state index is 0.0695. The number of halogens is 3.